The average molecular weight is 1590 g/mol. The number of unbranched alkanes of at least 4 members (excludes halogenated alkanes) is 1. The molecule has 13 rings (SSSR count). The maximum Gasteiger partial charge on any atom is 0.416 e. The van der Waals surface area contributed by atoms with Crippen molar-refractivity contribution in [1.82, 2.24) is 20.9 Å². The zero-order valence-corrected chi connectivity index (χ0v) is 65.0. The summed E-state index contributed by atoms with van der Waals surface area (Å²) >= 11 is 12.2. The number of ether oxygens (including phenoxy) is 6. The second-order valence-corrected chi connectivity index (χ2v) is 28.4. The van der Waals surface area contributed by atoms with E-state index in [1.807, 2.05) is 117 Å². The Hall–Kier alpha value is -9.12. The van der Waals surface area contributed by atoms with E-state index in [1.165, 1.54) is 70.8 Å². The first kappa shape index (κ1) is 86.9. The van der Waals surface area contributed by atoms with Crippen molar-refractivity contribution in [2.75, 3.05) is 94.6 Å². The van der Waals surface area contributed by atoms with Gasteiger partial charge >= 0.3 is 12.4 Å². The highest BCUT2D eigenvalue weighted by Gasteiger charge is 2.42. The van der Waals surface area contributed by atoms with Crippen molar-refractivity contribution < 1.29 is 68.4 Å². The summed E-state index contributed by atoms with van der Waals surface area (Å²) in [6.07, 6.45) is -0.832. The lowest BCUT2D eigenvalue weighted by Gasteiger charge is -2.32. The zero-order chi connectivity index (χ0) is 80.1. The van der Waals surface area contributed by atoms with Gasteiger partial charge in [0.15, 0.2) is 17.2 Å². The van der Waals surface area contributed by atoms with Crippen molar-refractivity contribution in [3.05, 3.63) is 301 Å². The summed E-state index contributed by atoms with van der Waals surface area (Å²) in [5, 5.41) is 15.1. The van der Waals surface area contributed by atoms with Gasteiger partial charge in [-0.05, 0) is 240 Å². The van der Waals surface area contributed by atoms with Crippen LogP contribution in [0.25, 0.3) is 4.85 Å². The standard InChI is InChI=1S/C20H21FN2O.C19H20FNO3.C17H17Cl2N.C17H18F3NO.C15H21F3N2O2/c1-22-18-9-10-19-15(13-18)14-24-20(19,11-4-12-23(2)3)16-5-7-17(21)8-6-16;20-15-3-1-13(2-4-15)17-7-8-21-10-14(17)11-22-16-5-6-18-19(9-16)24-12-23-18;1-20-17-9-7-12(13-4-2-3-5-14(13)17)11-6-8-15(18)16(19)10-11;1-21-12-11-16(13-5-3-2-4-6-13)22-15-9-7-14(8-10-15)17(18,19)20;1-21-10-3-2-4-14(20-22-11-9-19)12-5-7-13(8-6-12)15(16,17)18/h5-10,13H,4,11-12,14H2,2-3H3;1-6,9,14,17,21H,7-8,10-12H2;2-6,8,10,12,17,20H,7,9H2,1H3;2-10,16,21H,11-12H2,1H3;5-8H,2-4,9-11,19H2,1H3/b;;;;20-14+/t;14-,17-;12-,17-;;/m.00../s1. The van der Waals surface area contributed by atoms with E-state index < -0.39 is 29.1 Å². The van der Waals surface area contributed by atoms with Crippen molar-refractivity contribution in [2.24, 2.45) is 16.8 Å². The lowest BCUT2D eigenvalue weighted by molar-refractivity contribution is -0.138. The van der Waals surface area contributed by atoms with Crippen molar-refractivity contribution >= 4 is 34.6 Å². The molecule has 6 atom stereocenters. The number of hydrogen-bond donors (Lipinski definition) is 4. The number of nitrogens with zero attached hydrogens (tertiary/aromatic N) is 3. The molecule has 24 heteroatoms. The third-order valence-electron chi connectivity index (χ3n) is 19.7. The topological polar surface area (TPSA) is 147 Å². The van der Waals surface area contributed by atoms with E-state index >= 15 is 0 Å². The fourth-order valence-electron chi connectivity index (χ4n) is 13.9. The van der Waals surface area contributed by atoms with Crippen LogP contribution in [0.1, 0.15) is 143 Å². The van der Waals surface area contributed by atoms with Crippen LogP contribution in [0, 0.1) is 24.1 Å². The fourth-order valence-corrected chi connectivity index (χ4v) is 14.2. The number of benzene rings is 9. The van der Waals surface area contributed by atoms with Crippen LogP contribution in [0.4, 0.5) is 40.8 Å². The SMILES string of the molecule is CNCCC(Oc1ccc(C(F)(F)F)cc1)c1ccccc1.CN[C@H]1CC[C@@H](c2ccc(Cl)c(Cl)c2)c2ccccc21.COCCCC/C(=N\OCCN)c1ccc(C(F)(F)F)cc1.Fc1ccc([C@@H]2CCNC[C@H]2COc2ccc3c(c2)OCO3)cc1.[C-]#[N+]c1ccc2c(c1)COC2(CCCN(C)C)c1ccc(F)cc1. The molecule has 5 N–H and O–H groups in total. The lowest BCUT2D eigenvalue weighted by Crippen LogP contribution is -2.38. The lowest BCUT2D eigenvalue weighted by atomic mass is 9.77. The third-order valence-corrected chi connectivity index (χ3v) is 20.4. The maximum absolute atomic E-state index is 13.4. The molecular formula is C88H97Cl2F8N7O7. The predicted molar refractivity (Wildman–Crippen MR) is 425 cm³/mol. The molecule has 14 nitrogen and oxygen atoms in total. The molecule has 0 bridgehead atoms. The van der Waals surface area contributed by atoms with Gasteiger partial charge in [0.05, 0.1) is 46.7 Å². The molecular weight excluding hydrogens is 1490 g/mol. The number of halogens is 10. The summed E-state index contributed by atoms with van der Waals surface area (Å²) in [6.45, 7) is 13.3. The van der Waals surface area contributed by atoms with E-state index in [2.05, 4.69) is 75.3 Å². The van der Waals surface area contributed by atoms with Gasteiger partial charge in [0.25, 0.3) is 0 Å². The number of alkyl halides is 6. The number of hydrogen-bond acceptors (Lipinski definition) is 13. The first-order valence-electron chi connectivity index (χ1n) is 37.4. The molecule has 0 amide bonds. The predicted octanol–water partition coefficient (Wildman–Crippen LogP) is 20.6. The van der Waals surface area contributed by atoms with Gasteiger partial charge in [-0.2, -0.15) is 26.3 Å². The molecule has 3 aliphatic heterocycles. The summed E-state index contributed by atoms with van der Waals surface area (Å²) in [5.41, 5.74) is 14.6. The van der Waals surface area contributed by atoms with E-state index in [0.717, 1.165) is 141 Å². The monoisotopic (exact) mass is 1590 g/mol. The zero-order valence-electron chi connectivity index (χ0n) is 63.5. The first-order chi connectivity index (χ1) is 54.0. The van der Waals surface area contributed by atoms with E-state index in [-0.39, 0.29) is 31.1 Å². The van der Waals surface area contributed by atoms with Gasteiger partial charge in [0, 0.05) is 57.2 Å². The Kier molecular flexibility index (Phi) is 33.5. The molecule has 0 radical (unpaired) electrons. The molecule has 4 aliphatic rings. The molecule has 0 aromatic heterocycles. The van der Waals surface area contributed by atoms with E-state index in [4.69, 9.17) is 68.8 Å². The molecule has 1 aliphatic carbocycles. The average Bonchev–Trinajstić information content (AvgIpc) is 1.61. The largest absolute Gasteiger partial charge is 0.493 e. The van der Waals surface area contributed by atoms with Crippen LogP contribution < -0.4 is 40.6 Å². The molecule has 9 aromatic rings. The molecule has 0 spiro atoms. The van der Waals surface area contributed by atoms with Crippen LogP contribution in [0.5, 0.6) is 23.0 Å². The third kappa shape index (κ3) is 25.2. The minimum Gasteiger partial charge on any atom is -0.493 e. The Morgan fingerprint density at radius 2 is 1.37 bits per heavy atom. The minimum absolute atomic E-state index is 0.194. The van der Waals surface area contributed by atoms with Crippen molar-refractivity contribution in [1.29, 1.82) is 0 Å². The summed E-state index contributed by atoms with van der Waals surface area (Å²) in [7, 11) is 9.60. The highest BCUT2D eigenvalue weighted by molar-refractivity contribution is 6.42. The molecule has 596 valence electrons. The molecule has 3 heterocycles. The highest BCUT2D eigenvalue weighted by atomic mass is 35.5. The second kappa shape index (κ2) is 43.2. The molecule has 9 aromatic carbocycles. The van der Waals surface area contributed by atoms with Gasteiger partial charge in [-0.3, -0.25) is 0 Å². The van der Waals surface area contributed by atoms with Crippen LogP contribution >= 0.6 is 23.2 Å². The van der Waals surface area contributed by atoms with Gasteiger partial charge < -0.3 is 59.8 Å². The summed E-state index contributed by atoms with van der Waals surface area (Å²) in [4.78, 5) is 10.7. The van der Waals surface area contributed by atoms with Gasteiger partial charge in [-0.15, -0.1) is 0 Å². The van der Waals surface area contributed by atoms with E-state index in [0.29, 0.717) is 89.3 Å². The van der Waals surface area contributed by atoms with Crippen molar-refractivity contribution in [3.63, 3.8) is 0 Å². The molecule has 0 saturated carbocycles. The number of fused-ring (bicyclic) bond motifs is 3. The van der Waals surface area contributed by atoms with Crippen molar-refractivity contribution in [2.45, 2.75) is 106 Å². The van der Waals surface area contributed by atoms with Gasteiger partial charge in [0.2, 0.25) is 6.79 Å². The smallest absolute Gasteiger partial charge is 0.416 e. The molecule has 1 fully saturated rings. The number of piperidine rings is 1. The fraction of sp³-hybridized carbons (Fsp3) is 0.364. The van der Waals surface area contributed by atoms with Crippen LogP contribution in [0.15, 0.2) is 211 Å². The maximum atomic E-state index is 13.4. The summed E-state index contributed by atoms with van der Waals surface area (Å²) in [6, 6.07) is 59.3. The summed E-state index contributed by atoms with van der Waals surface area (Å²) in [5.74, 6) is 3.38. The Morgan fingerprint density at radius 1 is 0.705 bits per heavy atom. The normalized spacial score (nSPS) is 17.8. The van der Waals surface area contributed by atoms with Gasteiger partial charge in [0.1, 0.15) is 41.4 Å². The van der Waals surface area contributed by atoms with Gasteiger partial charge in [-0.1, -0.05) is 144 Å². The van der Waals surface area contributed by atoms with Crippen molar-refractivity contribution in [3.8, 4) is 23.0 Å². The number of nitrogens with two attached hydrogens (primary N) is 1. The number of nitrogens with one attached hydrogen (secondary N) is 3. The highest BCUT2D eigenvalue weighted by Crippen LogP contribution is 2.47. The van der Waals surface area contributed by atoms with Crippen LogP contribution in [-0.4, -0.2) is 105 Å². The van der Waals surface area contributed by atoms with E-state index in [9.17, 15) is 35.1 Å². The minimum atomic E-state index is -4.34. The molecule has 2 unspecified atom stereocenters. The van der Waals surface area contributed by atoms with Crippen LogP contribution in [0.3, 0.4) is 0 Å². The molecule has 1 saturated heterocycles. The Balaban J connectivity index is 0.000000161. The van der Waals surface area contributed by atoms with Crippen LogP contribution in [-0.2, 0) is 38.9 Å². The van der Waals surface area contributed by atoms with Gasteiger partial charge in [-0.25, -0.2) is 13.6 Å². The second-order valence-electron chi connectivity index (χ2n) is 27.6. The quantitative estimate of drug-likeness (QED) is 0.0135. The first-order valence-corrected chi connectivity index (χ1v) is 38.1. The number of oxime groups is 1. The van der Waals surface area contributed by atoms with Crippen LogP contribution in [0.2, 0.25) is 10.0 Å². The number of rotatable bonds is 26. The van der Waals surface area contributed by atoms with E-state index in [1.54, 1.807) is 7.11 Å². The Morgan fingerprint density at radius 3 is 2.02 bits per heavy atom. The number of methoxy groups -OCH3 is 1. The molecule has 112 heavy (non-hydrogen) atoms. The Bertz CT molecular complexity index is 4430. The Labute approximate surface area is 661 Å². The summed E-state index contributed by atoms with van der Waals surface area (Å²) < 4.78 is 136.